The summed E-state index contributed by atoms with van der Waals surface area (Å²) in [5.74, 6) is 2.43. The molecule has 4 N–H and O–H groups in total. The van der Waals surface area contributed by atoms with Crippen molar-refractivity contribution in [2.24, 2.45) is 10.7 Å². The summed E-state index contributed by atoms with van der Waals surface area (Å²) in [6, 6.07) is 8.99. The van der Waals surface area contributed by atoms with Crippen LogP contribution in [0.4, 0.5) is 5.95 Å². The third-order valence-electron chi connectivity index (χ3n) is 4.83. The van der Waals surface area contributed by atoms with E-state index in [-0.39, 0.29) is 11.7 Å². The molecule has 0 saturated carbocycles. The maximum Gasteiger partial charge on any atom is 0.212 e. The number of guanidine groups is 1. The molecule has 0 radical (unpaired) electrons. The Labute approximate surface area is 160 Å². The van der Waals surface area contributed by atoms with Crippen LogP contribution in [0.1, 0.15) is 18.2 Å². The van der Waals surface area contributed by atoms with E-state index in [0.717, 1.165) is 11.9 Å². The lowest BCUT2D eigenvalue weighted by atomic mass is 10.1. The molecule has 2 aliphatic heterocycles. The van der Waals surface area contributed by atoms with Crippen LogP contribution >= 0.6 is 0 Å². The molecule has 9 heteroatoms. The largest absolute Gasteiger partial charge is 0.504 e. The number of fused-ring (bicyclic) bond motifs is 4. The third kappa shape index (κ3) is 2.47. The number of ether oxygens (including phenoxy) is 3. The predicted molar refractivity (Wildman–Crippen MR) is 103 cm³/mol. The van der Waals surface area contributed by atoms with E-state index in [2.05, 4.69) is 15.3 Å². The lowest BCUT2D eigenvalue weighted by Crippen LogP contribution is -2.31. The fraction of sp³-hybridized carbons (Fsp3) is 0.263. The predicted octanol–water partition coefficient (Wildman–Crippen LogP) is 2.20. The molecule has 3 aromatic rings. The van der Waals surface area contributed by atoms with E-state index >= 15 is 0 Å². The molecule has 0 spiro atoms. The second-order valence-corrected chi connectivity index (χ2v) is 6.55. The van der Waals surface area contributed by atoms with E-state index in [1.165, 1.54) is 7.11 Å². The van der Waals surface area contributed by atoms with Gasteiger partial charge in [0, 0.05) is 24.1 Å². The molecule has 0 fully saturated rings. The van der Waals surface area contributed by atoms with Gasteiger partial charge in [0.05, 0.1) is 31.4 Å². The van der Waals surface area contributed by atoms with E-state index in [9.17, 15) is 5.11 Å². The third-order valence-corrected chi connectivity index (χ3v) is 4.83. The quantitative estimate of drug-likeness (QED) is 0.623. The molecule has 2 aliphatic rings. The van der Waals surface area contributed by atoms with Crippen molar-refractivity contribution in [3.05, 3.63) is 35.9 Å². The van der Waals surface area contributed by atoms with Gasteiger partial charge in [-0.05, 0) is 6.07 Å². The van der Waals surface area contributed by atoms with E-state index in [1.54, 1.807) is 18.2 Å². The minimum atomic E-state index is -0.610. The van der Waals surface area contributed by atoms with Gasteiger partial charge >= 0.3 is 0 Å². The Hall–Kier alpha value is -3.62. The number of nitrogens with one attached hydrogen (secondary N) is 1. The van der Waals surface area contributed by atoms with Gasteiger partial charge in [0.2, 0.25) is 5.95 Å². The molecule has 0 aliphatic carbocycles. The highest BCUT2D eigenvalue weighted by Gasteiger charge is 2.29. The van der Waals surface area contributed by atoms with Crippen LogP contribution < -0.4 is 25.3 Å². The van der Waals surface area contributed by atoms with Crippen molar-refractivity contribution in [2.75, 3.05) is 25.6 Å². The van der Waals surface area contributed by atoms with E-state index in [1.807, 2.05) is 16.7 Å². The second-order valence-electron chi connectivity index (χ2n) is 6.55. The number of methoxy groups -OCH3 is 1. The molecule has 28 heavy (non-hydrogen) atoms. The highest BCUT2D eigenvalue weighted by Crippen LogP contribution is 2.42. The number of hydrogen-bond acceptors (Lipinski definition) is 8. The Kier molecular flexibility index (Phi) is 3.68. The van der Waals surface area contributed by atoms with Gasteiger partial charge in [-0.15, -0.1) is 0 Å². The smallest absolute Gasteiger partial charge is 0.212 e. The van der Waals surface area contributed by atoms with Crippen LogP contribution in [0.5, 0.6) is 23.0 Å². The molecule has 0 bridgehead atoms. The van der Waals surface area contributed by atoms with Gasteiger partial charge in [-0.2, -0.15) is 0 Å². The van der Waals surface area contributed by atoms with Crippen molar-refractivity contribution in [3.63, 3.8) is 0 Å². The lowest BCUT2D eigenvalue weighted by Gasteiger charge is -2.24. The first-order chi connectivity index (χ1) is 13.7. The van der Waals surface area contributed by atoms with E-state index in [0.29, 0.717) is 47.5 Å². The number of phenols is 1. The van der Waals surface area contributed by atoms with Crippen molar-refractivity contribution < 1.29 is 19.3 Å². The number of aromatic hydroxyl groups is 1. The van der Waals surface area contributed by atoms with Crippen molar-refractivity contribution in [3.8, 4) is 23.0 Å². The van der Waals surface area contributed by atoms with Gasteiger partial charge in [-0.25, -0.2) is 9.98 Å². The van der Waals surface area contributed by atoms with Crippen molar-refractivity contribution in [1.29, 1.82) is 0 Å². The monoisotopic (exact) mass is 381 g/mol. The first-order valence-electron chi connectivity index (χ1n) is 8.93. The zero-order chi connectivity index (χ0) is 19.3. The Morgan fingerprint density at radius 1 is 1.25 bits per heavy atom. The number of benzene rings is 2. The number of rotatable bonds is 2. The van der Waals surface area contributed by atoms with Gasteiger partial charge in [0.25, 0.3) is 0 Å². The molecule has 1 aromatic heterocycles. The Morgan fingerprint density at radius 2 is 2.04 bits per heavy atom. The Bertz CT molecular complexity index is 1110. The number of para-hydroxylation sites is 1. The SMILES string of the molecule is COc1cccc(C2N=C(N)Nc3nc4cc5c(cc4n32)OCCCO5)c1O. The highest BCUT2D eigenvalue weighted by molar-refractivity contribution is 5.95. The molecule has 9 nitrogen and oxygen atoms in total. The summed E-state index contributed by atoms with van der Waals surface area (Å²) >= 11 is 0. The van der Waals surface area contributed by atoms with Crippen LogP contribution in [-0.2, 0) is 0 Å². The van der Waals surface area contributed by atoms with Crippen molar-refractivity contribution >= 4 is 22.9 Å². The summed E-state index contributed by atoms with van der Waals surface area (Å²) in [6.07, 6.45) is 0.210. The number of aromatic nitrogens is 2. The normalized spacial score (nSPS) is 18.0. The van der Waals surface area contributed by atoms with Gasteiger partial charge in [-0.3, -0.25) is 9.88 Å². The fourth-order valence-corrected chi connectivity index (χ4v) is 3.54. The maximum absolute atomic E-state index is 10.7. The van der Waals surface area contributed by atoms with Gasteiger partial charge < -0.3 is 25.1 Å². The topological polar surface area (TPSA) is 116 Å². The van der Waals surface area contributed by atoms with Crippen LogP contribution in [0.2, 0.25) is 0 Å². The molecule has 144 valence electrons. The van der Waals surface area contributed by atoms with Crippen LogP contribution in [0.25, 0.3) is 11.0 Å². The van der Waals surface area contributed by atoms with Gasteiger partial charge in [-0.1, -0.05) is 12.1 Å². The standard InChI is InChI=1S/C19H19N5O4/c1-26-13-5-2-4-10(16(13)25)17-22-18(20)23-19-21-11-8-14-15(9-12(11)24(17)19)28-7-3-6-27-14/h2,4-5,8-9,17,25H,3,6-7H2,1H3,(H3,20,21,22,23). The summed E-state index contributed by atoms with van der Waals surface area (Å²) in [7, 11) is 1.50. The minimum Gasteiger partial charge on any atom is -0.504 e. The van der Waals surface area contributed by atoms with Crippen molar-refractivity contribution in [1.82, 2.24) is 9.55 Å². The van der Waals surface area contributed by atoms with Gasteiger partial charge in [0.15, 0.2) is 35.1 Å². The molecule has 1 atom stereocenters. The number of phenolic OH excluding ortho intramolecular Hbond substituents is 1. The summed E-state index contributed by atoms with van der Waals surface area (Å²) in [6.45, 7) is 1.18. The molecular weight excluding hydrogens is 362 g/mol. The molecule has 1 unspecified atom stereocenters. The summed E-state index contributed by atoms with van der Waals surface area (Å²) in [4.78, 5) is 9.13. The number of nitrogens with two attached hydrogens (primary N) is 1. The summed E-state index contributed by atoms with van der Waals surface area (Å²) < 4.78 is 18.7. The number of imidazole rings is 1. The number of hydrogen-bond donors (Lipinski definition) is 3. The second kappa shape index (κ2) is 6.22. The average Bonchev–Trinajstić information content (AvgIpc) is 2.87. The average molecular weight is 381 g/mol. The molecule has 0 amide bonds. The van der Waals surface area contributed by atoms with Crippen LogP contribution in [0, 0.1) is 0 Å². The molecule has 3 heterocycles. The number of anilines is 1. The zero-order valence-corrected chi connectivity index (χ0v) is 15.2. The minimum absolute atomic E-state index is 0.00981. The van der Waals surface area contributed by atoms with Crippen LogP contribution in [-0.4, -0.2) is 40.9 Å². The molecular formula is C19H19N5O4. The zero-order valence-electron chi connectivity index (χ0n) is 15.2. The van der Waals surface area contributed by atoms with E-state index in [4.69, 9.17) is 19.9 Å². The van der Waals surface area contributed by atoms with Crippen molar-refractivity contribution in [2.45, 2.75) is 12.6 Å². The van der Waals surface area contributed by atoms with Crippen LogP contribution in [0.3, 0.4) is 0 Å². The Morgan fingerprint density at radius 3 is 2.82 bits per heavy atom. The first kappa shape index (κ1) is 16.5. The van der Waals surface area contributed by atoms with E-state index < -0.39 is 6.17 Å². The number of aliphatic imine (C=N–C) groups is 1. The van der Waals surface area contributed by atoms with Crippen LogP contribution in [0.15, 0.2) is 35.3 Å². The molecule has 5 rings (SSSR count). The summed E-state index contributed by atoms with van der Waals surface area (Å²) in [5.41, 5.74) is 8.04. The highest BCUT2D eigenvalue weighted by atomic mass is 16.5. The molecule has 0 saturated heterocycles. The summed E-state index contributed by atoms with van der Waals surface area (Å²) in [5, 5.41) is 13.6. The maximum atomic E-state index is 10.7. The van der Waals surface area contributed by atoms with Gasteiger partial charge in [0.1, 0.15) is 0 Å². The Balaban J connectivity index is 1.72. The number of nitrogens with zero attached hydrogens (tertiary/aromatic N) is 3. The first-order valence-corrected chi connectivity index (χ1v) is 8.93. The fourth-order valence-electron chi connectivity index (χ4n) is 3.54. The lowest BCUT2D eigenvalue weighted by molar-refractivity contribution is 0.297. The molecule has 2 aromatic carbocycles.